The van der Waals surface area contributed by atoms with Crippen molar-refractivity contribution in [1.29, 1.82) is 0 Å². The van der Waals surface area contributed by atoms with Crippen LogP contribution in [-0.4, -0.2) is 51.5 Å². The number of aromatic nitrogens is 2. The second-order valence-electron chi connectivity index (χ2n) is 6.10. The molecule has 1 aromatic rings. The number of aromatic amines is 1. The molecule has 1 saturated heterocycles. The average molecular weight is 332 g/mol. The van der Waals surface area contributed by atoms with Crippen LogP contribution in [0, 0.1) is 0 Å². The highest BCUT2D eigenvalue weighted by molar-refractivity contribution is 5.74. The van der Waals surface area contributed by atoms with Gasteiger partial charge in [-0.3, -0.25) is 0 Å². The second kappa shape index (κ2) is 6.80. The topological polar surface area (TPSA) is 52.2 Å². The molecule has 0 atom stereocenters. The van der Waals surface area contributed by atoms with Crippen LogP contribution in [-0.2, 0) is 6.18 Å². The van der Waals surface area contributed by atoms with Crippen LogP contribution >= 0.6 is 0 Å². The molecule has 23 heavy (non-hydrogen) atoms. The molecule has 0 saturated carbocycles. The fourth-order valence-electron chi connectivity index (χ4n) is 2.94. The summed E-state index contributed by atoms with van der Waals surface area (Å²) in [6.45, 7) is 7.59. The van der Waals surface area contributed by atoms with Gasteiger partial charge in [0.25, 0.3) is 0 Å². The van der Waals surface area contributed by atoms with Crippen molar-refractivity contribution in [3.8, 4) is 0 Å². The third-order valence-corrected chi connectivity index (χ3v) is 4.26. The first kappa shape index (κ1) is 17.6. The lowest BCUT2D eigenvalue weighted by Gasteiger charge is -2.36. The van der Waals surface area contributed by atoms with Gasteiger partial charge in [-0.15, -0.1) is 0 Å². The number of hydrogen-bond acceptors (Lipinski definition) is 2. The molecule has 2 rings (SSSR count). The fourth-order valence-corrected chi connectivity index (χ4v) is 2.94. The van der Waals surface area contributed by atoms with Crippen molar-refractivity contribution in [1.82, 2.24) is 19.8 Å². The van der Waals surface area contributed by atoms with E-state index in [2.05, 4.69) is 9.97 Å². The highest BCUT2D eigenvalue weighted by Gasteiger charge is 2.35. The molecular formula is C15H23F3N4O. The van der Waals surface area contributed by atoms with Crippen molar-refractivity contribution in [3.05, 3.63) is 17.7 Å². The van der Waals surface area contributed by atoms with Gasteiger partial charge in [-0.1, -0.05) is 0 Å². The second-order valence-corrected chi connectivity index (χ2v) is 6.10. The molecule has 1 N–H and O–H groups in total. The minimum Gasteiger partial charge on any atom is -0.338 e. The van der Waals surface area contributed by atoms with Gasteiger partial charge < -0.3 is 14.8 Å². The van der Waals surface area contributed by atoms with Gasteiger partial charge in [0.15, 0.2) is 0 Å². The normalized spacial score (nSPS) is 16.9. The van der Waals surface area contributed by atoms with Crippen LogP contribution in [0.3, 0.4) is 0 Å². The molecule has 0 aliphatic carbocycles. The van der Waals surface area contributed by atoms with Crippen molar-refractivity contribution < 1.29 is 18.0 Å². The molecule has 8 heteroatoms. The first-order valence-electron chi connectivity index (χ1n) is 7.91. The Kier molecular flexibility index (Phi) is 5.21. The number of amides is 2. The number of rotatable bonds is 3. The lowest BCUT2D eigenvalue weighted by molar-refractivity contribution is -0.141. The summed E-state index contributed by atoms with van der Waals surface area (Å²) < 4.78 is 37.8. The van der Waals surface area contributed by atoms with Crippen molar-refractivity contribution in [2.45, 2.75) is 51.7 Å². The molecule has 1 aliphatic rings. The zero-order valence-electron chi connectivity index (χ0n) is 13.7. The van der Waals surface area contributed by atoms with E-state index < -0.39 is 11.9 Å². The van der Waals surface area contributed by atoms with Crippen LogP contribution in [0.1, 0.15) is 51.0 Å². The van der Waals surface area contributed by atoms with E-state index in [9.17, 15) is 18.0 Å². The first-order chi connectivity index (χ1) is 10.7. The lowest BCUT2D eigenvalue weighted by Crippen LogP contribution is -2.48. The number of halogens is 3. The average Bonchev–Trinajstić information content (AvgIpc) is 2.97. The SMILES string of the molecule is CCN(C(=O)N1CCC(c2ncc(C(F)(F)F)[nH]2)CC1)C(C)C. The van der Waals surface area contributed by atoms with E-state index >= 15 is 0 Å². The van der Waals surface area contributed by atoms with Gasteiger partial charge in [-0.05, 0) is 33.6 Å². The van der Waals surface area contributed by atoms with Gasteiger partial charge in [-0.25, -0.2) is 9.78 Å². The number of nitrogens with zero attached hydrogens (tertiary/aromatic N) is 3. The van der Waals surface area contributed by atoms with E-state index in [0.29, 0.717) is 38.3 Å². The van der Waals surface area contributed by atoms with E-state index in [4.69, 9.17) is 0 Å². The van der Waals surface area contributed by atoms with Crippen molar-refractivity contribution in [2.75, 3.05) is 19.6 Å². The summed E-state index contributed by atoms with van der Waals surface area (Å²) in [6, 6.07) is 0.126. The number of likely N-dealkylation sites (tertiary alicyclic amines) is 1. The number of imidazole rings is 1. The Labute approximate surface area is 133 Å². The van der Waals surface area contributed by atoms with E-state index in [1.165, 1.54) is 0 Å². The lowest BCUT2D eigenvalue weighted by atomic mass is 9.96. The van der Waals surface area contributed by atoms with E-state index in [-0.39, 0.29) is 18.0 Å². The molecule has 0 radical (unpaired) electrons. The largest absolute Gasteiger partial charge is 0.432 e. The predicted octanol–water partition coefficient (Wildman–Crippen LogP) is 3.46. The molecule has 1 aliphatic heterocycles. The molecule has 0 spiro atoms. The van der Waals surface area contributed by atoms with Crippen LogP contribution in [0.25, 0.3) is 0 Å². The summed E-state index contributed by atoms with van der Waals surface area (Å²) in [5, 5.41) is 0. The van der Waals surface area contributed by atoms with Crippen molar-refractivity contribution in [2.24, 2.45) is 0 Å². The zero-order chi connectivity index (χ0) is 17.2. The van der Waals surface area contributed by atoms with Crippen LogP contribution in [0.5, 0.6) is 0 Å². The maximum absolute atomic E-state index is 12.6. The summed E-state index contributed by atoms with van der Waals surface area (Å²) in [5.41, 5.74) is -0.817. The number of nitrogens with one attached hydrogen (secondary N) is 1. The van der Waals surface area contributed by atoms with E-state index in [1.54, 1.807) is 9.80 Å². The van der Waals surface area contributed by atoms with E-state index in [0.717, 1.165) is 6.20 Å². The van der Waals surface area contributed by atoms with Gasteiger partial charge in [0.2, 0.25) is 0 Å². The maximum atomic E-state index is 12.6. The van der Waals surface area contributed by atoms with Gasteiger partial charge in [0.05, 0.1) is 6.20 Å². The molecule has 2 heterocycles. The molecule has 0 unspecified atom stereocenters. The number of alkyl halides is 3. The Morgan fingerprint density at radius 1 is 1.43 bits per heavy atom. The minimum absolute atomic E-state index is 0.00336. The predicted molar refractivity (Wildman–Crippen MR) is 80.0 cm³/mol. The van der Waals surface area contributed by atoms with Gasteiger partial charge in [-0.2, -0.15) is 13.2 Å². The van der Waals surface area contributed by atoms with Crippen LogP contribution in [0.2, 0.25) is 0 Å². The van der Waals surface area contributed by atoms with Gasteiger partial charge >= 0.3 is 12.2 Å². The van der Waals surface area contributed by atoms with E-state index in [1.807, 2.05) is 20.8 Å². The van der Waals surface area contributed by atoms with Crippen LogP contribution < -0.4 is 0 Å². The number of carbonyl (C=O) groups excluding carboxylic acids is 1. The molecule has 5 nitrogen and oxygen atoms in total. The number of urea groups is 1. The van der Waals surface area contributed by atoms with Gasteiger partial charge in [0.1, 0.15) is 11.5 Å². The summed E-state index contributed by atoms with van der Waals surface area (Å²) in [7, 11) is 0. The van der Waals surface area contributed by atoms with Crippen molar-refractivity contribution in [3.63, 3.8) is 0 Å². The minimum atomic E-state index is -4.40. The van der Waals surface area contributed by atoms with Crippen LogP contribution in [0.4, 0.5) is 18.0 Å². The Balaban J connectivity index is 1.96. The molecule has 1 aromatic heterocycles. The molecule has 0 aromatic carbocycles. The standard InChI is InChI=1S/C15H23F3N4O/c1-4-22(10(2)3)14(23)21-7-5-11(6-8-21)13-19-9-12(20-13)15(16,17)18/h9-11H,4-8H2,1-3H3,(H,19,20). The third-order valence-electron chi connectivity index (χ3n) is 4.26. The molecule has 2 amide bonds. The Morgan fingerprint density at radius 3 is 2.48 bits per heavy atom. The molecular weight excluding hydrogens is 309 g/mol. The smallest absolute Gasteiger partial charge is 0.338 e. The summed E-state index contributed by atoms with van der Waals surface area (Å²) in [6.07, 6.45) is -2.33. The Morgan fingerprint density at radius 2 is 2.04 bits per heavy atom. The monoisotopic (exact) mass is 332 g/mol. The summed E-state index contributed by atoms with van der Waals surface area (Å²) in [4.78, 5) is 22.2. The number of carbonyl (C=O) groups is 1. The summed E-state index contributed by atoms with van der Waals surface area (Å²) in [5.74, 6) is 0.296. The molecule has 130 valence electrons. The maximum Gasteiger partial charge on any atom is 0.432 e. The third kappa shape index (κ3) is 3.97. The van der Waals surface area contributed by atoms with Gasteiger partial charge in [0, 0.05) is 31.6 Å². The fraction of sp³-hybridized carbons (Fsp3) is 0.733. The molecule has 1 fully saturated rings. The highest BCUT2D eigenvalue weighted by Crippen LogP contribution is 2.31. The number of hydrogen-bond donors (Lipinski definition) is 1. The quantitative estimate of drug-likeness (QED) is 0.921. The number of piperidine rings is 1. The molecule has 0 bridgehead atoms. The summed E-state index contributed by atoms with van der Waals surface area (Å²) >= 11 is 0. The highest BCUT2D eigenvalue weighted by atomic mass is 19.4. The Hall–Kier alpha value is -1.73. The van der Waals surface area contributed by atoms with Crippen LogP contribution in [0.15, 0.2) is 6.20 Å². The number of H-pyrrole nitrogens is 1. The first-order valence-corrected chi connectivity index (χ1v) is 7.91. The van der Waals surface area contributed by atoms with Crippen molar-refractivity contribution >= 4 is 6.03 Å². The zero-order valence-corrected chi connectivity index (χ0v) is 13.7. The Bertz CT molecular complexity index is 533.